The zero-order valence-electron chi connectivity index (χ0n) is 11.7. The highest BCUT2D eigenvalue weighted by atomic mass is 16.5. The summed E-state index contributed by atoms with van der Waals surface area (Å²) in [6.45, 7) is 5.23. The standard InChI is InChI=1S/C13H24N4O2/c1-10-3-4-16(9-13(10)19-2)7-12(18)8-17-6-11(14)5-15-17/h5-6,10,12-13,18H,3-4,7-9,14H2,1-2H3. The number of aromatic nitrogens is 2. The fourth-order valence-electron chi connectivity index (χ4n) is 2.62. The van der Waals surface area contributed by atoms with Crippen molar-refractivity contribution in [2.24, 2.45) is 5.92 Å². The SMILES string of the molecule is COC1CN(CC(O)Cn2cc(N)cn2)CCC1C. The van der Waals surface area contributed by atoms with Crippen LogP contribution >= 0.6 is 0 Å². The van der Waals surface area contributed by atoms with Crippen molar-refractivity contribution in [3.05, 3.63) is 12.4 Å². The summed E-state index contributed by atoms with van der Waals surface area (Å²) in [6.07, 6.45) is 4.27. The van der Waals surface area contributed by atoms with Crippen LogP contribution in [0.1, 0.15) is 13.3 Å². The van der Waals surface area contributed by atoms with Crippen molar-refractivity contribution in [2.75, 3.05) is 32.5 Å². The van der Waals surface area contributed by atoms with E-state index in [9.17, 15) is 5.11 Å². The van der Waals surface area contributed by atoms with Gasteiger partial charge >= 0.3 is 0 Å². The zero-order chi connectivity index (χ0) is 13.8. The highest BCUT2D eigenvalue weighted by Crippen LogP contribution is 2.19. The third kappa shape index (κ3) is 3.92. The predicted molar refractivity (Wildman–Crippen MR) is 73.7 cm³/mol. The van der Waals surface area contributed by atoms with E-state index in [1.54, 1.807) is 24.2 Å². The van der Waals surface area contributed by atoms with E-state index >= 15 is 0 Å². The van der Waals surface area contributed by atoms with Crippen LogP contribution in [-0.4, -0.2) is 58.7 Å². The van der Waals surface area contributed by atoms with Crippen LogP contribution in [0.15, 0.2) is 12.4 Å². The first-order valence-electron chi connectivity index (χ1n) is 6.79. The number of rotatable bonds is 5. The van der Waals surface area contributed by atoms with Gasteiger partial charge in [-0.25, -0.2) is 0 Å². The predicted octanol–water partition coefficient (Wildman–Crippen LogP) is 0.183. The molecule has 6 nitrogen and oxygen atoms in total. The quantitative estimate of drug-likeness (QED) is 0.797. The molecule has 1 aromatic heterocycles. The Morgan fingerprint density at radius 2 is 2.37 bits per heavy atom. The molecule has 3 N–H and O–H groups in total. The summed E-state index contributed by atoms with van der Waals surface area (Å²) in [7, 11) is 1.76. The molecule has 0 aromatic carbocycles. The maximum absolute atomic E-state index is 10.1. The summed E-state index contributed by atoms with van der Waals surface area (Å²) >= 11 is 0. The van der Waals surface area contributed by atoms with Crippen LogP contribution in [0.2, 0.25) is 0 Å². The molecule has 3 atom stereocenters. The fourth-order valence-corrected chi connectivity index (χ4v) is 2.62. The molecule has 6 heteroatoms. The van der Waals surface area contributed by atoms with E-state index in [-0.39, 0.29) is 6.10 Å². The van der Waals surface area contributed by atoms with E-state index in [0.717, 1.165) is 19.5 Å². The van der Waals surface area contributed by atoms with Crippen LogP contribution in [0.25, 0.3) is 0 Å². The van der Waals surface area contributed by atoms with Gasteiger partial charge in [-0.05, 0) is 18.9 Å². The third-order valence-corrected chi connectivity index (χ3v) is 3.80. The molecule has 2 heterocycles. The second kappa shape index (κ2) is 6.36. The minimum absolute atomic E-state index is 0.265. The number of methoxy groups -OCH3 is 1. The van der Waals surface area contributed by atoms with Gasteiger partial charge in [-0.1, -0.05) is 6.92 Å². The van der Waals surface area contributed by atoms with E-state index in [4.69, 9.17) is 10.5 Å². The number of likely N-dealkylation sites (tertiary alicyclic amines) is 1. The van der Waals surface area contributed by atoms with Crippen molar-refractivity contribution in [1.29, 1.82) is 0 Å². The van der Waals surface area contributed by atoms with Crippen molar-refractivity contribution in [3.8, 4) is 0 Å². The van der Waals surface area contributed by atoms with Gasteiger partial charge in [0.05, 0.1) is 30.6 Å². The molecule has 1 aliphatic rings. The van der Waals surface area contributed by atoms with E-state index in [2.05, 4.69) is 16.9 Å². The van der Waals surface area contributed by atoms with Crippen LogP contribution in [-0.2, 0) is 11.3 Å². The molecule has 108 valence electrons. The van der Waals surface area contributed by atoms with Gasteiger partial charge in [0.25, 0.3) is 0 Å². The minimum atomic E-state index is -0.440. The van der Waals surface area contributed by atoms with Gasteiger partial charge in [0.15, 0.2) is 0 Å². The normalized spacial score (nSPS) is 26.5. The lowest BCUT2D eigenvalue weighted by atomic mass is 9.95. The molecule has 2 rings (SSSR count). The lowest BCUT2D eigenvalue weighted by Crippen LogP contribution is -2.47. The van der Waals surface area contributed by atoms with Gasteiger partial charge in [-0.2, -0.15) is 5.10 Å². The number of nitrogens with two attached hydrogens (primary N) is 1. The summed E-state index contributed by atoms with van der Waals surface area (Å²) in [5.41, 5.74) is 6.22. The lowest BCUT2D eigenvalue weighted by molar-refractivity contribution is -0.0197. The summed E-state index contributed by atoms with van der Waals surface area (Å²) in [5.74, 6) is 0.587. The van der Waals surface area contributed by atoms with E-state index in [1.807, 2.05) is 0 Å². The lowest BCUT2D eigenvalue weighted by Gasteiger charge is -2.37. The van der Waals surface area contributed by atoms with E-state index in [0.29, 0.717) is 24.7 Å². The molecule has 1 aromatic rings. The second-order valence-corrected chi connectivity index (χ2v) is 5.45. The number of nitrogen functional groups attached to an aromatic ring is 1. The first-order valence-corrected chi connectivity index (χ1v) is 6.79. The van der Waals surface area contributed by atoms with E-state index in [1.165, 1.54) is 0 Å². The maximum atomic E-state index is 10.1. The number of piperidine rings is 1. The summed E-state index contributed by atoms with van der Waals surface area (Å²) in [5, 5.41) is 14.2. The van der Waals surface area contributed by atoms with Crippen molar-refractivity contribution < 1.29 is 9.84 Å². The molecular weight excluding hydrogens is 244 g/mol. The molecule has 1 aliphatic heterocycles. The number of anilines is 1. The average Bonchev–Trinajstić information content (AvgIpc) is 2.77. The Kier molecular flexibility index (Phi) is 4.79. The zero-order valence-corrected chi connectivity index (χ0v) is 11.7. The number of nitrogens with zero attached hydrogens (tertiary/aromatic N) is 3. The van der Waals surface area contributed by atoms with Gasteiger partial charge in [-0.3, -0.25) is 9.58 Å². The molecule has 1 saturated heterocycles. The van der Waals surface area contributed by atoms with Crippen LogP contribution in [0.5, 0.6) is 0 Å². The highest BCUT2D eigenvalue weighted by Gasteiger charge is 2.27. The summed E-state index contributed by atoms with van der Waals surface area (Å²) in [4.78, 5) is 2.26. The first kappa shape index (κ1) is 14.3. The van der Waals surface area contributed by atoms with Crippen LogP contribution in [0, 0.1) is 5.92 Å². The number of ether oxygens (including phenoxy) is 1. The Labute approximate surface area is 114 Å². The van der Waals surface area contributed by atoms with Crippen LogP contribution in [0.3, 0.4) is 0 Å². The molecule has 3 unspecified atom stereocenters. The number of hydrogen-bond acceptors (Lipinski definition) is 5. The fraction of sp³-hybridized carbons (Fsp3) is 0.769. The van der Waals surface area contributed by atoms with Crippen LogP contribution in [0.4, 0.5) is 5.69 Å². The molecule has 0 aliphatic carbocycles. The van der Waals surface area contributed by atoms with Crippen molar-refractivity contribution >= 4 is 5.69 Å². The number of aliphatic hydroxyl groups excluding tert-OH is 1. The molecule has 1 fully saturated rings. The summed E-state index contributed by atoms with van der Waals surface area (Å²) in [6, 6.07) is 0. The minimum Gasteiger partial charge on any atom is -0.396 e. The third-order valence-electron chi connectivity index (χ3n) is 3.80. The molecule has 0 bridgehead atoms. The molecule has 0 spiro atoms. The number of hydrogen-bond donors (Lipinski definition) is 2. The average molecular weight is 268 g/mol. The first-order chi connectivity index (χ1) is 9.08. The van der Waals surface area contributed by atoms with Crippen LogP contribution < -0.4 is 5.73 Å². The Balaban J connectivity index is 1.80. The van der Waals surface area contributed by atoms with Crippen molar-refractivity contribution in [3.63, 3.8) is 0 Å². The largest absolute Gasteiger partial charge is 0.396 e. The van der Waals surface area contributed by atoms with Crippen molar-refractivity contribution in [2.45, 2.75) is 32.1 Å². The topological polar surface area (TPSA) is 76.5 Å². The summed E-state index contributed by atoms with van der Waals surface area (Å²) < 4.78 is 7.16. The van der Waals surface area contributed by atoms with Gasteiger partial charge in [-0.15, -0.1) is 0 Å². The Morgan fingerprint density at radius 3 is 3.00 bits per heavy atom. The van der Waals surface area contributed by atoms with Gasteiger partial charge < -0.3 is 15.6 Å². The monoisotopic (exact) mass is 268 g/mol. The smallest absolute Gasteiger partial charge is 0.0862 e. The molecule has 0 amide bonds. The Bertz CT molecular complexity index is 396. The highest BCUT2D eigenvalue weighted by molar-refractivity contribution is 5.30. The second-order valence-electron chi connectivity index (χ2n) is 5.45. The maximum Gasteiger partial charge on any atom is 0.0862 e. The number of aliphatic hydroxyl groups is 1. The number of β-amino-alcohol motifs (C(OH)–C–C–N with tert-alkyl or cyclic N) is 1. The molecular formula is C13H24N4O2. The molecule has 0 radical (unpaired) electrons. The van der Waals surface area contributed by atoms with Gasteiger partial charge in [0.1, 0.15) is 0 Å². The molecule has 19 heavy (non-hydrogen) atoms. The Morgan fingerprint density at radius 1 is 1.58 bits per heavy atom. The van der Waals surface area contributed by atoms with Gasteiger partial charge in [0, 0.05) is 26.4 Å². The molecule has 0 saturated carbocycles. The van der Waals surface area contributed by atoms with Gasteiger partial charge in [0.2, 0.25) is 0 Å². The van der Waals surface area contributed by atoms with Crippen molar-refractivity contribution in [1.82, 2.24) is 14.7 Å². The Hall–Kier alpha value is -1.11. The van der Waals surface area contributed by atoms with E-state index < -0.39 is 6.10 Å².